The van der Waals surface area contributed by atoms with Crippen LogP contribution in [0, 0.1) is 0 Å². The summed E-state index contributed by atoms with van der Waals surface area (Å²) in [4.78, 5) is 21.3. The van der Waals surface area contributed by atoms with Crippen molar-refractivity contribution in [2.45, 2.75) is 31.8 Å². The fraction of sp³-hybridized carbons (Fsp3) is 0.545. The highest BCUT2D eigenvalue weighted by atomic mass is 16.4. The number of hydrogen-bond acceptors (Lipinski definition) is 4. The average molecular weight is 221 g/mol. The van der Waals surface area contributed by atoms with Crippen molar-refractivity contribution >= 4 is 5.97 Å². The van der Waals surface area contributed by atoms with Gasteiger partial charge in [0.2, 0.25) is 0 Å². The number of nitrogens with zero attached hydrogens (tertiary/aromatic N) is 3. The van der Waals surface area contributed by atoms with Gasteiger partial charge in [-0.3, -0.25) is 9.69 Å². The van der Waals surface area contributed by atoms with Gasteiger partial charge >= 0.3 is 5.97 Å². The first-order chi connectivity index (χ1) is 7.77. The summed E-state index contributed by atoms with van der Waals surface area (Å²) in [6, 6.07) is 1.38. The Bertz CT molecular complexity index is 356. The van der Waals surface area contributed by atoms with Gasteiger partial charge < -0.3 is 5.11 Å². The number of carbonyl (C=O) groups is 1. The van der Waals surface area contributed by atoms with Gasteiger partial charge in [0.1, 0.15) is 11.9 Å². The van der Waals surface area contributed by atoms with Crippen LogP contribution >= 0.6 is 0 Å². The lowest BCUT2D eigenvalue weighted by Crippen LogP contribution is -2.44. The second-order valence-corrected chi connectivity index (χ2v) is 3.99. The van der Waals surface area contributed by atoms with Gasteiger partial charge in [0, 0.05) is 12.4 Å². The van der Waals surface area contributed by atoms with Gasteiger partial charge in [-0.05, 0) is 25.5 Å². The summed E-state index contributed by atoms with van der Waals surface area (Å²) < 4.78 is 0. The first-order valence-electron chi connectivity index (χ1n) is 5.50. The number of hydrogen-bond donors (Lipinski definition) is 1. The van der Waals surface area contributed by atoms with Crippen molar-refractivity contribution in [3.63, 3.8) is 0 Å². The summed E-state index contributed by atoms with van der Waals surface area (Å²) in [5, 5.41) is 9.10. The van der Waals surface area contributed by atoms with E-state index < -0.39 is 5.97 Å². The average Bonchev–Trinajstić information content (AvgIpc) is 2.31. The van der Waals surface area contributed by atoms with Crippen LogP contribution in [0.4, 0.5) is 0 Å². The molecule has 1 aromatic heterocycles. The maximum Gasteiger partial charge on any atom is 0.320 e. The lowest BCUT2D eigenvalue weighted by molar-refractivity contribution is -0.144. The Hall–Kier alpha value is -1.49. The van der Waals surface area contributed by atoms with E-state index in [4.69, 9.17) is 5.11 Å². The van der Waals surface area contributed by atoms with E-state index in [1.54, 1.807) is 18.5 Å². The number of rotatable bonds is 3. The first kappa shape index (κ1) is 11.0. The van der Waals surface area contributed by atoms with Crippen LogP contribution in [-0.4, -0.2) is 38.5 Å². The second kappa shape index (κ2) is 5.03. The molecular formula is C11H15N3O2. The Kier molecular flexibility index (Phi) is 3.46. The summed E-state index contributed by atoms with van der Waals surface area (Å²) in [6.07, 6.45) is 6.13. The number of aromatic nitrogens is 2. The van der Waals surface area contributed by atoms with Gasteiger partial charge in [0.15, 0.2) is 0 Å². The van der Waals surface area contributed by atoms with Crippen molar-refractivity contribution in [3.05, 3.63) is 24.3 Å². The molecule has 2 rings (SSSR count). The van der Waals surface area contributed by atoms with E-state index in [9.17, 15) is 4.79 Å². The number of carboxylic acids is 1. The molecule has 1 aromatic rings. The molecule has 86 valence electrons. The van der Waals surface area contributed by atoms with Crippen LogP contribution in [-0.2, 0) is 11.3 Å². The third kappa shape index (κ3) is 2.55. The van der Waals surface area contributed by atoms with Crippen LogP contribution in [0.2, 0.25) is 0 Å². The van der Waals surface area contributed by atoms with Gasteiger partial charge in [-0.2, -0.15) is 0 Å². The molecular weight excluding hydrogens is 206 g/mol. The van der Waals surface area contributed by atoms with Crippen molar-refractivity contribution in [1.82, 2.24) is 14.9 Å². The quantitative estimate of drug-likeness (QED) is 0.822. The number of piperidine rings is 1. The summed E-state index contributed by atoms with van der Waals surface area (Å²) in [5.41, 5.74) is 0. The van der Waals surface area contributed by atoms with Crippen LogP contribution in [0.3, 0.4) is 0 Å². The molecule has 5 nitrogen and oxygen atoms in total. The standard InChI is InChI=1S/C11H15N3O2/c15-11(16)9-4-1-2-7-14(9)8-10-12-5-3-6-13-10/h3,5-6,9H,1-2,4,7-8H2,(H,15,16)/t9-/m1/s1. The van der Waals surface area contributed by atoms with Crippen molar-refractivity contribution in [2.75, 3.05) is 6.54 Å². The molecule has 0 bridgehead atoms. The fourth-order valence-corrected chi connectivity index (χ4v) is 2.05. The largest absolute Gasteiger partial charge is 0.480 e. The van der Waals surface area contributed by atoms with Crippen molar-refractivity contribution in [2.24, 2.45) is 0 Å². The Labute approximate surface area is 94.1 Å². The summed E-state index contributed by atoms with van der Waals surface area (Å²) in [6.45, 7) is 1.34. The molecule has 1 aliphatic heterocycles. The van der Waals surface area contributed by atoms with Crippen LogP contribution in [0.5, 0.6) is 0 Å². The minimum atomic E-state index is -0.740. The Morgan fingerprint density at radius 1 is 1.44 bits per heavy atom. The van der Waals surface area contributed by atoms with Gasteiger partial charge in [0.05, 0.1) is 6.54 Å². The highest BCUT2D eigenvalue weighted by Crippen LogP contribution is 2.18. The zero-order valence-electron chi connectivity index (χ0n) is 9.04. The van der Waals surface area contributed by atoms with Crippen molar-refractivity contribution < 1.29 is 9.90 Å². The molecule has 0 amide bonds. The van der Waals surface area contributed by atoms with Gasteiger partial charge in [-0.1, -0.05) is 6.42 Å². The van der Waals surface area contributed by atoms with Crippen LogP contribution in [0.15, 0.2) is 18.5 Å². The minimum absolute atomic E-state index is 0.377. The Morgan fingerprint density at radius 2 is 2.19 bits per heavy atom. The van der Waals surface area contributed by atoms with E-state index in [-0.39, 0.29) is 6.04 Å². The maximum absolute atomic E-state index is 11.1. The van der Waals surface area contributed by atoms with E-state index in [1.807, 2.05) is 4.90 Å². The van der Waals surface area contributed by atoms with Crippen molar-refractivity contribution in [1.29, 1.82) is 0 Å². The molecule has 0 saturated carbocycles. The zero-order valence-corrected chi connectivity index (χ0v) is 9.04. The molecule has 0 spiro atoms. The van der Waals surface area contributed by atoms with E-state index in [1.165, 1.54) is 0 Å². The summed E-state index contributed by atoms with van der Waals surface area (Å²) in [5.74, 6) is -0.0497. The SMILES string of the molecule is O=C(O)[C@H]1CCCCN1Cc1ncccn1. The van der Waals surface area contributed by atoms with Crippen LogP contribution in [0.25, 0.3) is 0 Å². The molecule has 1 aliphatic rings. The molecule has 2 heterocycles. The van der Waals surface area contributed by atoms with Gasteiger partial charge in [0.25, 0.3) is 0 Å². The molecule has 5 heteroatoms. The molecule has 0 unspecified atom stereocenters. The summed E-state index contributed by atoms with van der Waals surface area (Å²) >= 11 is 0. The molecule has 0 radical (unpaired) electrons. The zero-order chi connectivity index (χ0) is 11.4. The normalized spacial score (nSPS) is 21.9. The smallest absolute Gasteiger partial charge is 0.320 e. The van der Waals surface area contributed by atoms with E-state index >= 15 is 0 Å². The Morgan fingerprint density at radius 3 is 2.88 bits per heavy atom. The second-order valence-electron chi connectivity index (χ2n) is 3.99. The third-order valence-electron chi connectivity index (χ3n) is 2.86. The fourth-order valence-electron chi connectivity index (χ4n) is 2.05. The van der Waals surface area contributed by atoms with Gasteiger partial charge in [-0.25, -0.2) is 9.97 Å². The van der Waals surface area contributed by atoms with E-state index in [0.717, 1.165) is 25.8 Å². The minimum Gasteiger partial charge on any atom is -0.480 e. The molecule has 1 N–H and O–H groups in total. The highest BCUT2D eigenvalue weighted by molar-refractivity contribution is 5.73. The lowest BCUT2D eigenvalue weighted by atomic mass is 10.0. The predicted octanol–water partition coefficient (Wildman–Crippen LogP) is 0.916. The van der Waals surface area contributed by atoms with Crippen LogP contribution < -0.4 is 0 Å². The number of likely N-dealkylation sites (tertiary alicyclic amines) is 1. The highest BCUT2D eigenvalue weighted by Gasteiger charge is 2.28. The van der Waals surface area contributed by atoms with E-state index in [0.29, 0.717) is 12.4 Å². The molecule has 1 saturated heterocycles. The molecule has 0 aliphatic carbocycles. The predicted molar refractivity (Wildman–Crippen MR) is 57.7 cm³/mol. The molecule has 1 fully saturated rings. The molecule has 16 heavy (non-hydrogen) atoms. The summed E-state index contributed by atoms with van der Waals surface area (Å²) in [7, 11) is 0. The van der Waals surface area contributed by atoms with Crippen molar-refractivity contribution in [3.8, 4) is 0 Å². The molecule has 0 aromatic carbocycles. The van der Waals surface area contributed by atoms with E-state index in [2.05, 4.69) is 9.97 Å². The third-order valence-corrected chi connectivity index (χ3v) is 2.86. The van der Waals surface area contributed by atoms with Crippen LogP contribution in [0.1, 0.15) is 25.1 Å². The number of aliphatic carboxylic acids is 1. The number of carboxylic acid groups (broad SMARTS) is 1. The van der Waals surface area contributed by atoms with Gasteiger partial charge in [-0.15, -0.1) is 0 Å². The topological polar surface area (TPSA) is 66.3 Å². The Balaban J connectivity index is 2.04. The first-order valence-corrected chi connectivity index (χ1v) is 5.50. The monoisotopic (exact) mass is 221 g/mol. The lowest BCUT2D eigenvalue weighted by Gasteiger charge is -2.32. The maximum atomic E-state index is 11.1. The molecule has 1 atom stereocenters.